The van der Waals surface area contributed by atoms with Crippen molar-refractivity contribution in [3.8, 4) is 11.1 Å². The van der Waals surface area contributed by atoms with Gasteiger partial charge in [0.15, 0.2) is 0 Å². The number of hydrogen-bond acceptors (Lipinski definition) is 0. The maximum absolute atomic E-state index is 3.63. The van der Waals surface area contributed by atoms with E-state index < -0.39 is 0 Å². The summed E-state index contributed by atoms with van der Waals surface area (Å²) in [5.74, 6) is 0. The lowest BCUT2D eigenvalue weighted by atomic mass is 10.1. The summed E-state index contributed by atoms with van der Waals surface area (Å²) < 4.78 is 6.05. The van der Waals surface area contributed by atoms with Gasteiger partial charge in [-0.3, -0.25) is 0 Å². The van der Waals surface area contributed by atoms with Gasteiger partial charge >= 0.3 is 0 Å². The Labute approximate surface area is 156 Å². The van der Waals surface area contributed by atoms with Gasteiger partial charge in [-0.25, -0.2) is 0 Å². The third-order valence-electron chi connectivity index (χ3n) is 2.34. The summed E-state index contributed by atoms with van der Waals surface area (Å²) in [5, 5.41) is 0. The van der Waals surface area contributed by atoms with Crippen LogP contribution < -0.4 is 0 Å². The Bertz CT molecular complexity index is 620. The van der Waals surface area contributed by atoms with E-state index in [4.69, 9.17) is 0 Å². The molecule has 0 unspecified atom stereocenters. The van der Waals surface area contributed by atoms with Crippen LogP contribution in [0.5, 0.6) is 0 Å². The molecule has 0 nitrogen and oxygen atoms in total. The first-order chi connectivity index (χ1) is 8.43. The van der Waals surface area contributed by atoms with Crippen molar-refractivity contribution in [1.82, 2.24) is 0 Å². The Morgan fingerprint density at radius 1 is 0.556 bits per heavy atom. The van der Waals surface area contributed by atoms with E-state index in [0.717, 1.165) is 38.0 Å². The van der Waals surface area contributed by atoms with Gasteiger partial charge in [0.25, 0.3) is 0 Å². The van der Waals surface area contributed by atoms with Gasteiger partial charge in [0.05, 0.1) is 0 Å². The molecule has 2 aromatic carbocycles. The first kappa shape index (κ1) is 15.7. The Kier molecular flexibility index (Phi) is 5.58. The minimum absolute atomic E-state index is 0.985. The highest BCUT2D eigenvalue weighted by atomic mass is 79.9. The largest absolute Gasteiger partial charge is 0.0604 e. The minimum atomic E-state index is 0.985. The second-order valence-electron chi connectivity index (χ2n) is 3.45. The predicted octanol–water partition coefficient (Wildman–Crippen LogP) is 7.93. The third-order valence-corrected chi connectivity index (χ3v) is 9.05. The van der Waals surface area contributed by atoms with Gasteiger partial charge in [0.2, 0.25) is 0 Å². The maximum Gasteiger partial charge on any atom is 0.0477 e. The van der Waals surface area contributed by atoms with Gasteiger partial charge in [-0.15, -0.1) is 0 Å². The van der Waals surface area contributed by atoms with Crippen LogP contribution in [0.4, 0.5) is 0 Å². The molecule has 18 heavy (non-hydrogen) atoms. The molecule has 94 valence electrons. The standard InChI is InChI=1S/C12H4Br6/c13-7-3-1-2-5(9(7)15)6-4-8(14)11(17)12(18)10(6)16/h1-4H. The Morgan fingerprint density at radius 3 is 1.89 bits per heavy atom. The molecule has 0 saturated carbocycles. The fourth-order valence-corrected chi connectivity index (χ4v) is 4.55. The van der Waals surface area contributed by atoms with Crippen LogP contribution in [0, 0.1) is 0 Å². The lowest BCUT2D eigenvalue weighted by Gasteiger charge is -2.12. The first-order valence-electron chi connectivity index (χ1n) is 4.71. The third kappa shape index (κ3) is 2.98. The summed E-state index contributed by atoms with van der Waals surface area (Å²) >= 11 is 21.4. The molecule has 0 spiro atoms. The number of halogens is 6. The van der Waals surface area contributed by atoms with Gasteiger partial charge in [-0.2, -0.15) is 0 Å². The van der Waals surface area contributed by atoms with Crippen molar-refractivity contribution in [3.63, 3.8) is 0 Å². The highest BCUT2D eigenvalue weighted by Gasteiger charge is 2.15. The Balaban J connectivity index is 2.76. The molecule has 0 aromatic heterocycles. The summed E-state index contributed by atoms with van der Waals surface area (Å²) in [6.45, 7) is 0. The van der Waals surface area contributed by atoms with Crippen molar-refractivity contribution in [2.75, 3.05) is 0 Å². The summed E-state index contributed by atoms with van der Waals surface area (Å²) in [6.07, 6.45) is 0. The molecule has 0 aliphatic heterocycles. The number of hydrogen-bond donors (Lipinski definition) is 0. The second kappa shape index (κ2) is 6.39. The van der Waals surface area contributed by atoms with Crippen molar-refractivity contribution < 1.29 is 0 Å². The molecule has 0 fully saturated rings. The van der Waals surface area contributed by atoms with Crippen molar-refractivity contribution >= 4 is 95.6 Å². The molecular formula is C12H4Br6. The van der Waals surface area contributed by atoms with Crippen molar-refractivity contribution in [3.05, 3.63) is 51.1 Å². The zero-order chi connectivity index (χ0) is 13.4. The lowest BCUT2D eigenvalue weighted by molar-refractivity contribution is 1.46. The van der Waals surface area contributed by atoms with Crippen molar-refractivity contribution in [1.29, 1.82) is 0 Å². The van der Waals surface area contributed by atoms with Crippen LogP contribution in [0.15, 0.2) is 51.1 Å². The summed E-state index contributed by atoms with van der Waals surface area (Å²) in [5.41, 5.74) is 2.22. The summed E-state index contributed by atoms with van der Waals surface area (Å²) in [7, 11) is 0. The van der Waals surface area contributed by atoms with E-state index >= 15 is 0 Å². The van der Waals surface area contributed by atoms with Gasteiger partial charge in [0, 0.05) is 26.8 Å². The zero-order valence-corrected chi connectivity index (χ0v) is 18.1. The first-order valence-corrected chi connectivity index (χ1v) is 9.46. The SMILES string of the molecule is Brc1cccc(-c2cc(Br)c(Br)c(Br)c2Br)c1Br. The van der Waals surface area contributed by atoms with Gasteiger partial charge in [-0.05, 0) is 119 Å². The molecule has 0 heterocycles. The van der Waals surface area contributed by atoms with Crippen LogP contribution in [0.25, 0.3) is 11.1 Å². The lowest BCUT2D eigenvalue weighted by Crippen LogP contribution is -1.86. The van der Waals surface area contributed by atoms with Gasteiger partial charge in [-0.1, -0.05) is 12.1 Å². The van der Waals surface area contributed by atoms with E-state index in [9.17, 15) is 0 Å². The van der Waals surface area contributed by atoms with E-state index in [-0.39, 0.29) is 0 Å². The predicted molar refractivity (Wildman–Crippen MR) is 98.1 cm³/mol. The van der Waals surface area contributed by atoms with E-state index in [2.05, 4.69) is 108 Å². The fourth-order valence-electron chi connectivity index (χ4n) is 1.48. The fraction of sp³-hybridized carbons (Fsp3) is 0. The summed E-state index contributed by atoms with van der Waals surface area (Å²) in [4.78, 5) is 0. The highest BCUT2D eigenvalue weighted by molar-refractivity contribution is 9.15. The van der Waals surface area contributed by atoms with Crippen LogP contribution in [-0.4, -0.2) is 0 Å². The van der Waals surface area contributed by atoms with E-state index in [1.807, 2.05) is 12.1 Å². The Morgan fingerprint density at radius 2 is 1.22 bits per heavy atom. The molecule has 2 rings (SSSR count). The quantitative estimate of drug-likeness (QED) is 0.223. The number of rotatable bonds is 1. The minimum Gasteiger partial charge on any atom is -0.0604 e. The average Bonchev–Trinajstić information content (AvgIpc) is 2.35. The average molecular weight is 628 g/mol. The van der Waals surface area contributed by atoms with Gasteiger partial charge < -0.3 is 0 Å². The molecule has 0 atom stereocenters. The second-order valence-corrected chi connectivity index (χ2v) is 8.33. The van der Waals surface area contributed by atoms with Crippen molar-refractivity contribution in [2.45, 2.75) is 0 Å². The molecule has 0 saturated heterocycles. The molecule has 0 N–H and O–H groups in total. The van der Waals surface area contributed by atoms with Crippen LogP contribution in [0.3, 0.4) is 0 Å². The summed E-state index contributed by atoms with van der Waals surface area (Å²) in [6, 6.07) is 8.16. The van der Waals surface area contributed by atoms with Crippen LogP contribution in [-0.2, 0) is 0 Å². The molecule has 0 bridgehead atoms. The topological polar surface area (TPSA) is 0 Å². The monoisotopic (exact) mass is 622 g/mol. The normalized spacial score (nSPS) is 10.8. The van der Waals surface area contributed by atoms with E-state index in [0.29, 0.717) is 0 Å². The highest BCUT2D eigenvalue weighted by Crippen LogP contribution is 2.45. The van der Waals surface area contributed by atoms with Crippen LogP contribution in [0.1, 0.15) is 0 Å². The Hall–Kier alpha value is 1.32. The molecule has 6 heteroatoms. The van der Waals surface area contributed by atoms with Crippen molar-refractivity contribution in [2.24, 2.45) is 0 Å². The molecule has 0 amide bonds. The zero-order valence-electron chi connectivity index (χ0n) is 8.58. The van der Waals surface area contributed by atoms with E-state index in [1.54, 1.807) is 0 Å². The molecule has 0 radical (unpaired) electrons. The van der Waals surface area contributed by atoms with E-state index in [1.165, 1.54) is 0 Å². The van der Waals surface area contributed by atoms with Crippen LogP contribution >= 0.6 is 95.6 Å². The molecule has 0 aliphatic carbocycles. The van der Waals surface area contributed by atoms with Crippen LogP contribution in [0.2, 0.25) is 0 Å². The molecule has 0 aliphatic rings. The molecule has 2 aromatic rings. The number of benzene rings is 2. The maximum atomic E-state index is 3.63. The van der Waals surface area contributed by atoms with Gasteiger partial charge in [0.1, 0.15) is 0 Å². The molecular weight excluding hydrogens is 624 g/mol. The smallest absolute Gasteiger partial charge is 0.0477 e.